The van der Waals surface area contributed by atoms with Crippen LogP contribution < -0.4 is 15.0 Å². The summed E-state index contributed by atoms with van der Waals surface area (Å²) in [5.41, 5.74) is 1.64. The summed E-state index contributed by atoms with van der Waals surface area (Å²) in [6.07, 6.45) is 0.742. The van der Waals surface area contributed by atoms with Crippen molar-refractivity contribution in [1.29, 1.82) is 0 Å². The third-order valence-corrected chi connectivity index (χ3v) is 4.56. The second-order valence-electron chi connectivity index (χ2n) is 6.28. The molecule has 2 N–H and O–H groups in total. The Bertz CT molecular complexity index is 705. The summed E-state index contributed by atoms with van der Waals surface area (Å²) in [5.74, 6) is 0.483. The molecule has 0 aromatic heterocycles. The Kier molecular flexibility index (Phi) is 5.56. The van der Waals surface area contributed by atoms with Crippen molar-refractivity contribution in [2.24, 2.45) is 0 Å². The number of hydrogen-bond donors (Lipinski definition) is 2. The highest BCUT2D eigenvalue weighted by atomic mass is 16.5. The van der Waals surface area contributed by atoms with Gasteiger partial charge in [-0.3, -0.25) is 4.79 Å². The zero-order chi connectivity index (χ0) is 17.6. The van der Waals surface area contributed by atoms with E-state index in [1.165, 1.54) is 0 Å². The zero-order valence-corrected chi connectivity index (χ0v) is 14.4. The number of piperidine rings is 1. The number of anilines is 1. The fraction of sp³-hybridized carbons (Fsp3) is 0.350. The summed E-state index contributed by atoms with van der Waals surface area (Å²) >= 11 is 0. The van der Waals surface area contributed by atoms with Gasteiger partial charge >= 0.3 is 0 Å². The fourth-order valence-corrected chi connectivity index (χ4v) is 3.27. The van der Waals surface area contributed by atoms with Crippen molar-refractivity contribution in [3.05, 3.63) is 60.2 Å². The first-order valence-corrected chi connectivity index (χ1v) is 8.60. The average Bonchev–Trinajstić information content (AvgIpc) is 2.68. The number of ether oxygens (including phenoxy) is 1. The van der Waals surface area contributed by atoms with Crippen LogP contribution in [0.15, 0.2) is 54.6 Å². The number of hydrogen-bond acceptors (Lipinski definition) is 4. The third-order valence-electron chi connectivity index (χ3n) is 4.56. The first-order chi connectivity index (χ1) is 12.2. The molecule has 0 saturated carbocycles. The number of aliphatic hydroxyl groups excluding tert-OH is 1. The van der Waals surface area contributed by atoms with Gasteiger partial charge in [0.1, 0.15) is 5.75 Å². The van der Waals surface area contributed by atoms with E-state index in [1.807, 2.05) is 42.5 Å². The molecule has 2 unspecified atom stereocenters. The molecule has 3 rings (SSSR count). The summed E-state index contributed by atoms with van der Waals surface area (Å²) < 4.78 is 5.44. The number of nitrogens with one attached hydrogen (secondary N) is 1. The standard InChI is InChI=1S/C20H24N2O3/c1-25-18-12-6-5-11-17(18)22-13-7-10-16(14-22)21-20(24)19(23)15-8-3-2-4-9-15/h2-6,8-9,11-12,16,19,23H,7,10,13-14H2,1H3,(H,21,24). The van der Waals surface area contributed by atoms with Crippen LogP contribution in [0.2, 0.25) is 0 Å². The number of aliphatic hydroxyl groups is 1. The van der Waals surface area contributed by atoms with Gasteiger partial charge in [-0.25, -0.2) is 0 Å². The maximum atomic E-state index is 12.4. The van der Waals surface area contributed by atoms with Gasteiger partial charge in [-0.1, -0.05) is 42.5 Å². The molecule has 0 bridgehead atoms. The number of para-hydroxylation sites is 2. The Morgan fingerprint density at radius 3 is 2.68 bits per heavy atom. The maximum absolute atomic E-state index is 12.4. The van der Waals surface area contributed by atoms with Crippen LogP contribution in [0.5, 0.6) is 5.75 Å². The van der Waals surface area contributed by atoms with Crippen molar-refractivity contribution >= 4 is 11.6 Å². The van der Waals surface area contributed by atoms with Gasteiger partial charge in [0, 0.05) is 19.1 Å². The van der Waals surface area contributed by atoms with Crippen LogP contribution in [0, 0.1) is 0 Å². The molecule has 1 heterocycles. The maximum Gasteiger partial charge on any atom is 0.253 e. The van der Waals surface area contributed by atoms with Crippen molar-refractivity contribution in [3.8, 4) is 5.75 Å². The lowest BCUT2D eigenvalue weighted by atomic mass is 10.0. The van der Waals surface area contributed by atoms with Gasteiger partial charge in [0.25, 0.3) is 5.91 Å². The van der Waals surface area contributed by atoms with E-state index in [2.05, 4.69) is 10.2 Å². The largest absolute Gasteiger partial charge is 0.495 e. The summed E-state index contributed by atoms with van der Waals surface area (Å²) in [7, 11) is 1.66. The van der Waals surface area contributed by atoms with E-state index < -0.39 is 6.10 Å². The van der Waals surface area contributed by atoms with Crippen LogP contribution in [0.3, 0.4) is 0 Å². The van der Waals surface area contributed by atoms with Crippen LogP contribution in [0.25, 0.3) is 0 Å². The summed E-state index contributed by atoms with van der Waals surface area (Å²) in [6.45, 7) is 1.63. The number of nitrogens with zero attached hydrogens (tertiary/aromatic N) is 1. The van der Waals surface area contributed by atoms with Crippen molar-refractivity contribution in [2.75, 3.05) is 25.1 Å². The Balaban J connectivity index is 1.64. The van der Waals surface area contributed by atoms with Gasteiger partial charge in [-0.15, -0.1) is 0 Å². The van der Waals surface area contributed by atoms with E-state index in [0.717, 1.165) is 30.8 Å². The van der Waals surface area contributed by atoms with Crippen LogP contribution in [0.1, 0.15) is 24.5 Å². The summed E-state index contributed by atoms with van der Waals surface area (Å²) in [5, 5.41) is 13.2. The second kappa shape index (κ2) is 8.03. The van der Waals surface area contributed by atoms with Gasteiger partial charge in [-0.05, 0) is 30.5 Å². The van der Waals surface area contributed by atoms with E-state index in [1.54, 1.807) is 19.2 Å². The monoisotopic (exact) mass is 340 g/mol. The summed E-state index contributed by atoms with van der Waals surface area (Å²) in [4.78, 5) is 14.6. The minimum absolute atomic E-state index is 0.00419. The SMILES string of the molecule is COc1ccccc1N1CCCC(NC(=O)C(O)c2ccccc2)C1. The molecule has 1 saturated heterocycles. The number of methoxy groups -OCH3 is 1. The predicted molar refractivity (Wildman–Crippen MR) is 97.8 cm³/mol. The normalized spacial score (nSPS) is 18.5. The number of carbonyl (C=O) groups excluding carboxylic acids is 1. The van der Waals surface area contributed by atoms with Gasteiger partial charge in [0.2, 0.25) is 0 Å². The van der Waals surface area contributed by atoms with Crippen LogP contribution in [-0.4, -0.2) is 37.3 Å². The third kappa shape index (κ3) is 4.12. The molecule has 0 radical (unpaired) electrons. The minimum Gasteiger partial charge on any atom is -0.495 e. The molecule has 1 aliphatic heterocycles. The molecule has 2 atom stereocenters. The van der Waals surface area contributed by atoms with Gasteiger partial charge < -0.3 is 20.1 Å². The van der Waals surface area contributed by atoms with Crippen molar-refractivity contribution < 1.29 is 14.6 Å². The molecule has 5 heteroatoms. The number of rotatable bonds is 5. The molecule has 2 aromatic carbocycles. The minimum atomic E-state index is -1.14. The lowest BCUT2D eigenvalue weighted by Crippen LogP contribution is -2.49. The number of carbonyl (C=O) groups is 1. The van der Waals surface area contributed by atoms with E-state index >= 15 is 0 Å². The topological polar surface area (TPSA) is 61.8 Å². The number of amides is 1. The van der Waals surface area contributed by atoms with Crippen LogP contribution in [-0.2, 0) is 4.79 Å². The first kappa shape index (κ1) is 17.3. The molecular formula is C20H24N2O3. The lowest BCUT2D eigenvalue weighted by Gasteiger charge is -2.35. The highest BCUT2D eigenvalue weighted by Crippen LogP contribution is 2.30. The molecule has 1 amide bonds. The number of benzene rings is 2. The van der Waals surface area contributed by atoms with Crippen LogP contribution in [0.4, 0.5) is 5.69 Å². The Labute approximate surface area is 148 Å². The molecule has 0 spiro atoms. The van der Waals surface area contributed by atoms with Crippen molar-refractivity contribution in [3.63, 3.8) is 0 Å². The van der Waals surface area contributed by atoms with Crippen LogP contribution >= 0.6 is 0 Å². The molecular weight excluding hydrogens is 316 g/mol. The molecule has 2 aromatic rings. The molecule has 25 heavy (non-hydrogen) atoms. The van der Waals surface area contributed by atoms with E-state index in [0.29, 0.717) is 12.1 Å². The fourth-order valence-electron chi connectivity index (χ4n) is 3.27. The van der Waals surface area contributed by atoms with Gasteiger partial charge in [-0.2, -0.15) is 0 Å². The van der Waals surface area contributed by atoms with E-state index in [9.17, 15) is 9.90 Å². The highest BCUT2D eigenvalue weighted by molar-refractivity contribution is 5.82. The smallest absolute Gasteiger partial charge is 0.253 e. The summed E-state index contributed by atoms with van der Waals surface area (Å²) in [6, 6.07) is 16.9. The van der Waals surface area contributed by atoms with Gasteiger partial charge in [0.05, 0.1) is 12.8 Å². The molecule has 1 fully saturated rings. The average molecular weight is 340 g/mol. The molecule has 0 aliphatic carbocycles. The Morgan fingerprint density at radius 1 is 1.20 bits per heavy atom. The van der Waals surface area contributed by atoms with E-state index in [-0.39, 0.29) is 11.9 Å². The Morgan fingerprint density at radius 2 is 1.92 bits per heavy atom. The van der Waals surface area contributed by atoms with E-state index in [4.69, 9.17) is 4.74 Å². The zero-order valence-electron chi connectivity index (χ0n) is 14.4. The lowest BCUT2D eigenvalue weighted by molar-refractivity contribution is -0.130. The predicted octanol–water partition coefficient (Wildman–Crippen LogP) is 2.51. The van der Waals surface area contributed by atoms with Crippen molar-refractivity contribution in [2.45, 2.75) is 25.0 Å². The molecule has 5 nitrogen and oxygen atoms in total. The van der Waals surface area contributed by atoms with Crippen molar-refractivity contribution in [1.82, 2.24) is 5.32 Å². The Hall–Kier alpha value is -2.53. The molecule has 132 valence electrons. The highest BCUT2D eigenvalue weighted by Gasteiger charge is 2.26. The molecule has 1 aliphatic rings. The quantitative estimate of drug-likeness (QED) is 0.878. The van der Waals surface area contributed by atoms with Gasteiger partial charge in [0.15, 0.2) is 6.10 Å². The second-order valence-corrected chi connectivity index (χ2v) is 6.28. The first-order valence-electron chi connectivity index (χ1n) is 8.60.